The first kappa shape index (κ1) is 14.6. The van der Waals surface area contributed by atoms with Gasteiger partial charge >= 0.3 is 6.09 Å². The van der Waals surface area contributed by atoms with Gasteiger partial charge in [-0.3, -0.25) is 4.90 Å². The van der Waals surface area contributed by atoms with Crippen LogP contribution >= 0.6 is 11.8 Å². The Morgan fingerprint density at radius 2 is 2.12 bits per heavy atom. The number of rotatable bonds is 2. The molecule has 0 aromatic rings. The van der Waals surface area contributed by atoms with E-state index in [9.17, 15) is 4.79 Å². The van der Waals surface area contributed by atoms with Crippen molar-refractivity contribution in [1.82, 2.24) is 4.90 Å². The average Bonchev–Trinajstić information content (AvgIpc) is 2.39. The molecule has 1 aliphatic rings. The van der Waals surface area contributed by atoms with E-state index in [1.54, 1.807) is 11.8 Å². The molecule has 1 atom stereocenters. The van der Waals surface area contributed by atoms with Crippen LogP contribution in [0.15, 0.2) is 0 Å². The number of ether oxygens (including phenoxy) is 1. The second-order valence-electron chi connectivity index (χ2n) is 6.26. The molecule has 0 aliphatic carbocycles. The molecule has 0 spiro atoms. The molecule has 1 unspecified atom stereocenters. The van der Waals surface area contributed by atoms with Crippen molar-refractivity contribution >= 4 is 17.9 Å². The van der Waals surface area contributed by atoms with Crippen molar-refractivity contribution in [3.63, 3.8) is 0 Å². The van der Waals surface area contributed by atoms with E-state index in [1.165, 1.54) is 0 Å². The van der Waals surface area contributed by atoms with E-state index in [0.717, 1.165) is 13.0 Å². The summed E-state index contributed by atoms with van der Waals surface area (Å²) in [5, 5.41) is 0.143. The minimum atomic E-state index is -0.443. The molecule has 4 nitrogen and oxygen atoms in total. The van der Waals surface area contributed by atoms with Crippen LogP contribution in [0.25, 0.3) is 0 Å². The maximum Gasteiger partial charge on any atom is 0.411 e. The van der Waals surface area contributed by atoms with Gasteiger partial charge in [0.25, 0.3) is 0 Å². The predicted molar refractivity (Wildman–Crippen MR) is 71.8 cm³/mol. The number of likely N-dealkylation sites (tertiary alicyclic amines) is 1. The van der Waals surface area contributed by atoms with Crippen LogP contribution in [-0.4, -0.2) is 34.4 Å². The number of carbonyl (C=O) groups excluding carboxylic acids is 1. The average molecular weight is 260 g/mol. The van der Waals surface area contributed by atoms with Gasteiger partial charge in [0.2, 0.25) is 0 Å². The van der Waals surface area contributed by atoms with Crippen LogP contribution in [0, 0.1) is 5.41 Å². The molecule has 1 rings (SSSR count). The van der Waals surface area contributed by atoms with Crippen molar-refractivity contribution in [3.8, 4) is 0 Å². The quantitative estimate of drug-likeness (QED) is 0.775. The third-order valence-corrected chi connectivity index (χ3v) is 3.59. The molecule has 0 aromatic heterocycles. The second kappa shape index (κ2) is 5.06. The molecule has 1 amide bonds. The summed E-state index contributed by atoms with van der Waals surface area (Å²) in [6, 6.07) is 0. The molecule has 2 N–H and O–H groups in total. The number of thioether (sulfide) groups is 1. The summed E-state index contributed by atoms with van der Waals surface area (Å²) >= 11 is 1.61. The van der Waals surface area contributed by atoms with E-state index >= 15 is 0 Å². The molecule has 0 saturated carbocycles. The summed E-state index contributed by atoms with van der Waals surface area (Å²) in [6.45, 7) is 10.7. The summed E-state index contributed by atoms with van der Waals surface area (Å²) in [4.78, 5) is 13.9. The highest BCUT2D eigenvalue weighted by Gasteiger charge is 2.41. The Kier molecular flexibility index (Phi) is 4.36. The summed E-state index contributed by atoms with van der Waals surface area (Å²) in [6.07, 6.45) is 0.739. The minimum Gasteiger partial charge on any atom is -0.444 e. The van der Waals surface area contributed by atoms with Gasteiger partial charge in [-0.2, -0.15) is 0 Å². The third kappa shape index (κ3) is 4.39. The zero-order valence-electron chi connectivity index (χ0n) is 11.4. The highest BCUT2D eigenvalue weighted by atomic mass is 32.2. The van der Waals surface area contributed by atoms with Crippen LogP contribution in [0.5, 0.6) is 0 Å². The number of nitrogens with zero attached hydrogens (tertiary/aromatic N) is 1. The Morgan fingerprint density at radius 3 is 2.59 bits per heavy atom. The second-order valence-corrected chi connectivity index (χ2v) is 7.48. The monoisotopic (exact) mass is 260 g/mol. The van der Waals surface area contributed by atoms with Gasteiger partial charge in [-0.15, -0.1) is 11.8 Å². The molecule has 0 bridgehead atoms. The van der Waals surface area contributed by atoms with Crippen LogP contribution in [0.3, 0.4) is 0 Å². The maximum absolute atomic E-state index is 12.1. The number of hydrogen-bond acceptors (Lipinski definition) is 4. The van der Waals surface area contributed by atoms with Crippen LogP contribution in [-0.2, 0) is 4.74 Å². The fourth-order valence-corrected chi connectivity index (χ4v) is 3.10. The summed E-state index contributed by atoms with van der Waals surface area (Å²) < 4.78 is 5.42. The smallest absolute Gasteiger partial charge is 0.411 e. The lowest BCUT2D eigenvalue weighted by Gasteiger charge is -2.28. The standard InChI is InChI=1S/C12H24N2O2S/c1-11(2,3)16-10(15)14-7-12(4,5)6-9(14)17-8-13/h9H,6-8,13H2,1-5H3. The van der Waals surface area contributed by atoms with E-state index in [0.29, 0.717) is 5.88 Å². The zero-order chi connectivity index (χ0) is 13.3. The predicted octanol–water partition coefficient (Wildman–Crippen LogP) is 2.63. The Balaban J connectivity index is 2.70. The first-order chi connectivity index (χ1) is 7.64. The lowest BCUT2D eigenvalue weighted by molar-refractivity contribution is 0.0262. The topological polar surface area (TPSA) is 55.6 Å². The van der Waals surface area contributed by atoms with Gasteiger partial charge in [-0.1, -0.05) is 13.8 Å². The molecule has 1 saturated heterocycles. The molecule has 0 radical (unpaired) electrons. The fourth-order valence-electron chi connectivity index (χ4n) is 1.97. The van der Waals surface area contributed by atoms with Crippen LogP contribution in [0.4, 0.5) is 4.79 Å². The van der Waals surface area contributed by atoms with Crippen molar-refractivity contribution < 1.29 is 9.53 Å². The highest BCUT2D eigenvalue weighted by molar-refractivity contribution is 7.99. The van der Waals surface area contributed by atoms with Gasteiger partial charge in [-0.25, -0.2) is 4.79 Å². The molecule has 100 valence electrons. The molecule has 17 heavy (non-hydrogen) atoms. The molecule has 0 aromatic carbocycles. The SMILES string of the molecule is CC1(C)CC(SCN)N(C(=O)OC(C)(C)C)C1. The van der Waals surface area contributed by atoms with Crippen molar-refractivity contribution in [2.75, 3.05) is 12.4 Å². The van der Waals surface area contributed by atoms with E-state index < -0.39 is 5.60 Å². The molecule has 1 heterocycles. The van der Waals surface area contributed by atoms with E-state index in [-0.39, 0.29) is 16.9 Å². The van der Waals surface area contributed by atoms with Crippen LogP contribution in [0.2, 0.25) is 0 Å². The van der Waals surface area contributed by atoms with Gasteiger partial charge in [0.05, 0.1) is 5.37 Å². The largest absolute Gasteiger partial charge is 0.444 e. The summed E-state index contributed by atoms with van der Waals surface area (Å²) in [7, 11) is 0. The lowest BCUT2D eigenvalue weighted by atomic mass is 9.93. The van der Waals surface area contributed by atoms with E-state index in [2.05, 4.69) is 13.8 Å². The molecule has 1 fully saturated rings. The van der Waals surface area contributed by atoms with Gasteiger partial charge in [-0.05, 0) is 32.6 Å². The number of carbonyl (C=O) groups is 1. The highest BCUT2D eigenvalue weighted by Crippen LogP contribution is 2.39. The van der Waals surface area contributed by atoms with Gasteiger partial charge in [0.1, 0.15) is 5.60 Å². The van der Waals surface area contributed by atoms with Gasteiger partial charge in [0, 0.05) is 12.4 Å². The lowest BCUT2D eigenvalue weighted by Crippen LogP contribution is -2.39. The van der Waals surface area contributed by atoms with Crippen molar-refractivity contribution in [3.05, 3.63) is 0 Å². The molecule has 1 aliphatic heterocycles. The van der Waals surface area contributed by atoms with E-state index in [1.807, 2.05) is 25.7 Å². The normalized spacial score (nSPS) is 23.9. The minimum absolute atomic E-state index is 0.143. The third-order valence-electron chi connectivity index (χ3n) is 2.59. The molecular weight excluding hydrogens is 236 g/mol. The van der Waals surface area contributed by atoms with Crippen molar-refractivity contribution in [1.29, 1.82) is 0 Å². The van der Waals surface area contributed by atoms with Crippen molar-refractivity contribution in [2.24, 2.45) is 11.1 Å². The number of hydrogen-bond donors (Lipinski definition) is 1. The van der Waals surface area contributed by atoms with E-state index in [4.69, 9.17) is 10.5 Å². The molecule has 5 heteroatoms. The number of nitrogens with two attached hydrogens (primary N) is 1. The Labute approximate surface area is 108 Å². The van der Waals surface area contributed by atoms with Crippen molar-refractivity contribution in [2.45, 2.75) is 52.0 Å². The zero-order valence-corrected chi connectivity index (χ0v) is 12.3. The van der Waals surface area contributed by atoms with Crippen LogP contribution in [0.1, 0.15) is 41.0 Å². The number of amides is 1. The van der Waals surface area contributed by atoms with Gasteiger partial charge in [0.15, 0.2) is 0 Å². The summed E-state index contributed by atoms with van der Waals surface area (Å²) in [5.41, 5.74) is 5.27. The first-order valence-corrected chi connectivity index (χ1v) is 7.01. The van der Waals surface area contributed by atoms with Gasteiger partial charge < -0.3 is 10.5 Å². The Bertz CT molecular complexity index is 287. The maximum atomic E-state index is 12.1. The first-order valence-electron chi connectivity index (χ1n) is 5.96. The Morgan fingerprint density at radius 1 is 1.53 bits per heavy atom. The van der Waals surface area contributed by atoms with Crippen LogP contribution < -0.4 is 5.73 Å². The Hall–Kier alpha value is -0.420. The fraction of sp³-hybridized carbons (Fsp3) is 0.917. The molecular formula is C12H24N2O2S. The summed E-state index contributed by atoms with van der Waals surface area (Å²) in [5.74, 6) is 0.528.